The SMILES string of the molecule is CCCC(CCC)COC(=O)c1ccccc1. The Kier molecular flexibility index (Phi) is 6.38. The third-order valence-corrected chi connectivity index (χ3v) is 2.85. The van der Waals surface area contributed by atoms with Crippen LogP contribution in [0.15, 0.2) is 30.3 Å². The van der Waals surface area contributed by atoms with Crippen molar-refractivity contribution in [2.24, 2.45) is 5.92 Å². The average Bonchev–Trinajstić information content (AvgIpc) is 2.37. The van der Waals surface area contributed by atoms with Crippen molar-refractivity contribution in [3.8, 4) is 0 Å². The number of benzene rings is 1. The second kappa shape index (κ2) is 7.88. The molecule has 1 rings (SSSR count). The minimum absolute atomic E-state index is 0.206. The van der Waals surface area contributed by atoms with Crippen molar-refractivity contribution in [1.82, 2.24) is 0 Å². The Morgan fingerprint density at radius 1 is 1.12 bits per heavy atom. The number of hydrogen-bond donors (Lipinski definition) is 0. The third-order valence-electron chi connectivity index (χ3n) is 2.85. The van der Waals surface area contributed by atoms with Gasteiger partial charge >= 0.3 is 5.97 Å². The minimum Gasteiger partial charge on any atom is -0.462 e. The van der Waals surface area contributed by atoms with Crippen LogP contribution in [0, 0.1) is 5.92 Å². The highest BCUT2D eigenvalue weighted by Gasteiger charge is 2.11. The van der Waals surface area contributed by atoms with Gasteiger partial charge in [0, 0.05) is 0 Å². The van der Waals surface area contributed by atoms with Crippen molar-refractivity contribution in [3.05, 3.63) is 35.9 Å². The lowest BCUT2D eigenvalue weighted by molar-refractivity contribution is 0.0425. The van der Waals surface area contributed by atoms with E-state index in [2.05, 4.69) is 13.8 Å². The first-order valence-corrected chi connectivity index (χ1v) is 6.50. The molecule has 2 heteroatoms. The van der Waals surface area contributed by atoms with Crippen LogP contribution in [0.1, 0.15) is 49.9 Å². The van der Waals surface area contributed by atoms with Gasteiger partial charge in [0.25, 0.3) is 0 Å². The summed E-state index contributed by atoms with van der Waals surface area (Å²) in [6.07, 6.45) is 4.56. The van der Waals surface area contributed by atoms with Gasteiger partial charge in [0.2, 0.25) is 0 Å². The van der Waals surface area contributed by atoms with Crippen LogP contribution in [0.5, 0.6) is 0 Å². The summed E-state index contributed by atoms with van der Waals surface area (Å²) < 4.78 is 5.36. The zero-order valence-corrected chi connectivity index (χ0v) is 10.8. The lowest BCUT2D eigenvalue weighted by Crippen LogP contribution is -2.14. The van der Waals surface area contributed by atoms with Gasteiger partial charge in [-0.15, -0.1) is 0 Å². The number of esters is 1. The van der Waals surface area contributed by atoms with Gasteiger partial charge in [-0.25, -0.2) is 4.79 Å². The second-order valence-corrected chi connectivity index (χ2v) is 4.41. The van der Waals surface area contributed by atoms with Crippen molar-refractivity contribution in [3.63, 3.8) is 0 Å². The molecule has 0 amide bonds. The topological polar surface area (TPSA) is 26.3 Å². The van der Waals surface area contributed by atoms with Gasteiger partial charge in [-0.2, -0.15) is 0 Å². The van der Waals surface area contributed by atoms with Crippen molar-refractivity contribution in [2.75, 3.05) is 6.61 Å². The van der Waals surface area contributed by atoms with E-state index in [0.717, 1.165) is 25.7 Å². The maximum Gasteiger partial charge on any atom is 0.338 e. The standard InChI is InChI=1S/C15H22O2/c1-3-8-13(9-4-2)12-17-15(16)14-10-6-5-7-11-14/h5-7,10-11,13H,3-4,8-9,12H2,1-2H3. The van der Waals surface area contributed by atoms with Crippen LogP contribution in [0.4, 0.5) is 0 Å². The van der Waals surface area contributed by atoms with Crippen LogP contribution in [-0.4, -0.2) is 12.6 Å². The van der Waals surface area contributed by atoms with Gasteiger partial charge < -0.3 is 4.74 Å². The number of rotatable bonds is 7. The van der Waals surface area contributed by atoms with Gasteiger partial charge in [0.1, 0.15) is 0 Å². The molecular formula is C15H22O2. The number of carbonyl (C=O) groups excluding carboxylic acids is 1. The first-order chi connectivity index (χ1) is 8.27. The Morgan fingerprint density at radius 3 is 2.24 bits per heavy atom. The molecule has 0 aromatic heterocycles. The Morgan fingerprint density at radius 2 is 1.71 bits per heavy atom. The van der Waals surface area contributed by atoms with Crippen LogP contribution >= 0.6 is 0 Å². The summed E-state index contributed by atoms with van der Waals surface area (Å²) in [7, 11) is 0. The summed E-state index contributed by atoms with van der Waals surface area (Å²) in [6.45, 7) is 4.89. The molecule has 0 unspecified atom stereocenters. The maximum atomic E-state index is 11.7. The molecule has 0 heterocycles. The fraction of sp³-hybridized carbons (Fsp3) is 0.533. The van der Waals surface area contributed by atoms with Gasteiger partial charge in [-0.05, 0) is 30.9 Å². The van der Waals surface area contributed by atoms with E-state index in [-0.39, 0.29) is 5.97 Å². The zero-order valence-electron chi connectivity index (χ0n) is 10.8. The molecule has 0 saturated carbocycles. The number of ether oxygens (including phenoxy) is 1. The summed E-state index contributed by atoms with van der Waals surface area (Å²) in [5, 5.41) is 0. The van der Waals surface area contributed by atoms with Crippen LogP contribution in [0.3, 0.4) is 0 Å². The summed E-state index contributed by atoms with van der Waals surface area (Å²) >= 11 is 0. The molecule has 0 aliphatic carbocycles. The van der Waals surface area contributed by atoms with E-state index in [1.54, 1.807) is 12.1 Å². The number of carbonyl (C=O) groups is 1. The Labute approximate surface area is 104 Å². The second-order valence-electron chi connectivity index (χ2n) is 4.41. The normalized spacial score (nSPS) is 10.5. The van der Waals surface area contributed by atoms with Crippen LogP contribution < -0.4 is 0 Å². The largest absolute Gasteiger partial charge is 0.462 e. The highest BCUT2D eigenvalue weighted by atomic mass is 16.5. The predicted molar refractivity (Wildman–Crippen MR) is 70.0 cm³/mol. The zero-order chi connectivity index (χ0) is 12.5. The third kappa shape index (κ3) is 5.03. The lowest BCUT2D eigenvalue weighted by atomic mass is 9.99. The van der Waals surface area contributed by atoms with Crippen molar-refractivity contribution in [2.45, 2.75) is 39.5 Å². The van der Waals surface area contributed by atoms with E-state index in [9.17, 15) is 4.79 Å². The maximum absolute atomic E-state index is 11.7. The number of hydrogen-bond acceptors (Lipinski definition) is 2. The van der Waals surface area contributed by atoms with Crippen LogP contribution in [0.25, 0.3) is 0 Å². The molecule has 0 aliphatic heterocycles. The van der Waals surface area contributed by atoms with Gasteiger partial charge in [-0.1, -0.05) is 44.9 Å². The molecule has 0 radical (unpaired) electrons. The van der Waals surface area contributed by atoms with Crippen molar-refractivity contribution >= 4 is 5.97 Å². The monoisotopic (exact) mass is 234 g/mol. The summed E-state index contributed by atoms with van der Waals surface area (Å²) in [5.41, 5.74) is 0.638. The summed E-state index contributed by atoms with van der Waals surface area (Å²) in [4.78, 5) is 11.7. The minimum atomic E-state index is -0.206. The fourth-order valence-corrected chi connectivity index (χ4v) is 1.98. The van der Waals surface area contributed by atoms with E-state index >= 15 is 0 Å². The van der Waals surface area contributed by atoms with Crippen LogP contribution in [-0.2, 0) is 4.74 Å². The Balaban J connectivity index is 2.41. The smallest absolute Gasteiger partial charge is 0.338 e. The molecule has 0 N–H and O–H groups in total. The highest BCUT2D eigenvalue weighted by molar-refractivity contribution is 5.89. The van der Waals surface area contributed by atoms with E-state index < -0.39 is 0 Å². The Hall–Kier alpha value is -1.31. The van der Waals surface area contributed by atoms with Crippen LogP contribution in [0.2, 0.25) is 0 Å². The fourth-order valence-electron chi connectivity index (χ4n) is 1.98. The predicted octanol–water partition coefficient (Wildman–Crippen LogP) is 4.06. The van der Waals surface area contributed by atoms with E-state index in [0.29, 0.717) is 18.1 Å². The molecule has 0 atom stereocenters. The first-order valence-electron chi connectivity index (χ1n) is 6.50. The Bertz CT molecular complexity index is 313. The molecule has 1 aromatic rings. The molecule has 0 bridgehead atoms. The molecule has 0 saturated heterocycles. The van der Waals surface area contributed by atoms with Crippen molar-refractivity contribution in [1.29, 1.82) is 0 Å². The summed E-state index contributed by atoms with van der Waals surface area (Å²) in [5.74, 6) is 0.306. The average molecular weight is 234 g/mol. The molecule has 1 aromatic carbocycles. The van der Waals surface area contributed by atoms with Gasteiger partial charge in [-0.3, -0.25) is 0 Å². The van der Waals surface area contributed by atoms with E-state index in [1.165, 1.54) is 0 Å². The molecule has 0 spiro atoms. The van der Waals surface area contributed by atoms with Gasteiger partial charge in [0.15, 0.2) is 0 Å². The van der Waals surface area contributed by atoms with E-state index in [1.807, 2.05) is 18.2 Å². The molecule has 0 aliphatic rings. The van der Waals surface area contributed by atoms with Gasteiger partial charge in [0.05, 0.1) is 12.2 Å². The quantitative estimate of drug-likeness (QED) is 0.665. The molecule has 17 heavy (non-hydrogen) atoms. The van der Waals surface area contributed by atoms with E-state index in [4.69, 9.17) is 4.74 Å². The van der Waals surface area contributed by atoms with Crippen molar-refractivity contribution < 1.29 is 9.53 Å². The first kappa shape index (κ1) is 13.8. The molecule has 94 valence electrons. The molecule has 2 nitrogen and oxygen atoms in total. The summed E-state index contributed by atoms with van der Waals surface area (Å²) in [6, 6.07) is 9.18. The molecular weight excluding hydrogens is 212 g/mol. The molecule has 0 fully saturated rings. The lowest BCUT2D eigenvalue weighted by Gasteiger charge is -2.15. The highest BCUT2D eigenvalue weighted by Crippen LogP contribution is 2.14.